The third-order valence-corrected chi connectivity index (χ3v) is 6.19. The molecular weight excluding hydrogens is 288 g/mol. The summed E-state index contributed by atoms with van der Waals surface area (Å²) in [5, 5.41) is 0. The zero-order valence-corrected chi connectivity index (χ0v) is 14.0. The Morgan fingerprint density at radius 1 is 0.842 bits per heavy atom. The van der Waals surface area contributed by atoms with Gasteiger partial charge in [0.05, 0.1) is 0 Å². The van der Waals surface area contributed by atoms with Gasteiger partial charge in [-0.05, 0) is 25.9 Å². The molecule has 19 heavy (non-hydrogen) atoms. The fourth-order valence-electron chi connectivity index (χ4n) is 1.21. The molecule has 0 aliphatic heterocycles. The highest BCUT2D eigenvalue weighted by atomic mass is 28.4. The van der Waals surface area contributed by atoms with E-state index >= 15 is 0 Å². The summed E-state index contributed by atoms with van der Waals surface area (Å²) in [5.41, 5.74) is 10.4. The van der Waals surface area contributed by atoms with Crippen LogP contribution < -0.4 is 11.5 Å². The normalized spacial score (nSPS) is 12.0. The highest BCUT2D eigenvalue weighted by Gasteiger charge is 2.36. The minimum absolute atomic E-state index is 0. The first-order chi connectivity index (χ1) is 8.80. The monoisotopic (exact) mass is 317 g/mol. The Kier molecular flexibility index (Phi) is 13.4. The molecule has 0 aliphatic carbocycles. The molecule has 0 spiro atoms. The summed E-state index contributed by atoms with van der Waals surface area (Å²) in [6.45, 7) is 1.03. The van der Waals surface area contributed by atoms with Crippen molar-refractivity contribution in [3.05, 3.63) is 0 Å². The standard InChI is InChI=1S/C6H17NO3Si.C3H11NO3Si/c1-8-11(9-2,10-3)6-4-5-7;4-2-1-3-8(5,6)7/h4-7H2,1-3H3;5-7H,1-4H2/p+1. The quantitative estimate of drug-likeness (QED) is 0.326. The second kappa shape index (κ2) is 11.9. The van der Waals surface area contributed by atoms with Crippen molar-refractivity contribution in [2.45, 2.75) is 24.9 Å². The number of hydrogen-bond acceptors (Lipinski definition) is 8. The average molecular weight is 318 g/mol. The zero-order chi connectivity index (χ0) is 15.4. The fourth-order valence-corrected chi connectivity index (χ4v) is 3.64. The Morgan fingerprint density at radius 2 is 1.21 bits per heavy atom. The summed E-state index contributed by atoms with van der Waals surface area (Å²) in [6, 6.07) is 0.830. The minimum atomic E-state index is -3.76. The second-order valence-electron chi connectivity index (χ2n) is 3.85. The highest BCUT2D eigenvalue weighted by Crippen LogP contribution is 2.13. The van der Waals surface area contributed by atoms with Crippen molar-refractivity contribution in [3.63, 3.8) is 0 Å². The molecule has 0 radical (unpaired) electrons. The van der Waals surface area contributed by atoms with E-state index in [2.05, 4.69) is 0 Å². The first kappa shape index (κ1) is 21.4. The number of rotatable bonds is 9. The van der Waals surface area contributed by atoms with E-state index in [0.29, 0.717) is 19.5 Å². The van der Waals surface area contributed by atoms with Gasteiger partial charge in [-0.25, -0.2) is 0 Å². The van der Waals surface area contributed by atoms with Crippen LogP contribution in [0.15, 0.2) is 0 Å². The van der Waals surface area contributed by atoms with Gasteiger partial charge in [-0.2, -0.15) is 0 Å². The molecular formula is C9H29N2O6Si2+. The van der Waals surface area contributed by atoms with Gasteiger partial charge in [0.15, 0.2) is 0 Å². The third kappa shape index (κ3) is 12.9. The van der Waals surface area contributed by atoms with E-state index < -0.39 is 17.6 Å². The van der Waals surface area contributed by atoms with Crippen molar-refractivity contribution in [2.75, 3.05) is 34.4 Å². The van der Waals surface area contributed by atoms with Gasteiger partial charge in [0.25, 0.3) is 0 Å². The van der Waals surface area contributed by atoms with Crippen molar-refractivity contribution in [3.8, 4) is 0 Å². The van der Waals surface area contributed by atoms with Crippen LogP contribution in [0.4, 0.5) is 0 Å². The van der Waals surface area contributed by atoms with Crippen LogP contribution in [-0.4, -0.2) is 66.4 Å². The predicted octanol–water partition coefficient (Wildman–Crippen LogP) is -1.42. The Morgan fingerprint density at radius 3 is 1.42 bits per heavy atom. The van der Waals surface area contributed by atoms with Crippen molar-refractivity contribution in [2.24, 2.45) is 11.5 Å². The maximum Gasteiger partial charge on any atom is 1.00 e. The molecule has 7 N–H and O–H groups in total. The number of nitrogens with two attached hydrogens (primary N) is 2. The molecule has 0 aliphatic rings. The molecule has 0 aromatic carbocycles. The van der Waals surface area contributed by atoms with Crippen LogP contribution >= 0.6 is 0 Å². The van der Waals surface area contributed by atoms with Gasteiger partial charge in [-0.3, -0.25) is 0 Å². The Bertz CT molecular complexity index is 199. The van der Waals surface area contributed by atoms with Crippen molar-refractivity contribution in [1.82, 2.24) is 0 Å². The van der Waals surface area contributed by atoms with Crippen LogP contribution in [0.1, 0.15) is 14.3 Å². The van der Waals surface area contributed by atoms with Crippen LogP contribution in [-0.2, 0) is 13.3 Å². The molecule has 10 heteroatoms. The van der Waals surface area contributed by atoms with Gasteiger partial charge >= 0.3 is 19.0 Å². The summed E-state index contributed by atoms with van der Waals surface area (Å²) >= 11 is 0. The van der Waals surface area contributed by atoms with Crippen molar-refractivity contribution < 1.29 is 29.1 Å². The Labute approximate surface area is 118 Å². The fraction of sp³-hybridized carbons (Fsp3) is 1.00. The summed E-state index contributed by atoms with van der Waals surface area (Å²) in [6.07, 6.45) is 1.34. The molecule has 8 nitrogen and oxygen atoms in total. The largest absolute Gasteiger partial charge is 1.00 e. The van der Waals surface area contributed by atoms with E-state index in [9.17, 15) is 0 Å². The Balaban J connectivity index is -0.000000288. The molecule has 0 bridgehead atoms. The lowest BCUT2D eigenvalue weighted by atomic mass is 10.5. The number of hydrogen-bond donors (Lipinski definition) is 5. The zero-order valence-electron chi connectivity index (χ0n) is 13.0. The molecule has 0 amide bonds. The molecule has 0 atom stereocenters. The molecule has 0 unspecified atom stereocenters. The maximum absolute atomic E-state index is 8.34. The minimum Gasteiger partial charge on any atom is -0.390 e. The molecule has 0 heterocycles. The smallest absolute Gasteiger partial charge is 0.390 e. The van der Waals surface area contributed by atoms with Gasteiger partial charge < -0.3 is 39.1 Å². The van der Waals surface area contributed by atoms with Crippen LogP contribution in [0.3, 0.4) is 0 Å². The first-order valence-corrected chi connectivity index (χ1v) is 10.0. The molecule has 0 aromatic rings. The summed E-state index contributed by atoms with van der Waals surface area (Å²) in [4.78, 5) is 25.0. The van der Waals surface area contributed by atoms with Gasteiger partial charge in [0.2, 0.25) is 0 Å². The van der Waals surface area contributed by atoms with E-state index in [-0.39, 0.29) is 7.47 Å². The van der Waals surface area contributed by atoms with E-state index in [4.69, 9.17) is 39.1 Å². The highest BCUT2D eigenvalue weighted by molar-refractivity contribution is 6.60. The third-order valence-electron chi connectivity index (χ3n) is 2.34. The SMILES string of the molecule is CO[Si](CCCN)(OC)OC.NCCC[Si](O)(O)O.[H+]. The van der Waals surface area contributed by atoms with E-state index in [0.717, 1.165) is 12.5 Å². The lowest BCUT2D eigenvalue weighted by molar-refractivity contribution is 0.123. The molecule has 0 fully saturated rings. The Hall–Kier alpha value is 0.114. The maximum atomic E-state index is 8.34. The van der Waals surface area contributed by atoms with E-state index in [1.165, 1.54) is 0 Å². The predicted molar refractivity (Wildman–Crippen MR) is 77.3 cm³/mol. The second-order valence-corrected chi connectivity index (χ2v) is 8.99. The topological polar surface area (TPSA) is 140 Å². The van der Waals surface area contributed by atoms with Crippen LogP contribution in [0.25, 0.3) is 0 Å². The van der Waals surface area contributed by atoms with Gasteiger partial charge in [0.1, 0.15) is 0 Å². The van der Waals surface area contributed by atoms with E-state index in [1.807, 2.05) is 0 Å². The van der Waals surface area contributed by atoms with E-state index in [1.54, 1.807) is 21.3 Å². The van der Waals surface area contributed by atoms with Crippen molar-refractivity contribution in [1.29, 1.82) is 0 Å². The lowest BCUT2D eigenvalue weighted by Gasteiger charge is -2.23. The summed E-state index contributed by atoms with van der Waals surface area (Å²) in [5.74, 6) is 0. The van der Waals surface area contributed by atoms with Gasteiger partial charge in [-0.15, -0.1) is 0 Å². The van der Waals surface area contributed by atoms with Crippen LogP contribution in [0.5, 0.6) is 0 Å². The van der Waals surface area contributed by atoms with Crippen molar-refractivity contribution >= 4 is 17.6 Å². The van der Waals surface area contributed by atoms with Gasteiger partial charge in [0, 0.05) is 33.4 Å². The lowest BCUT2D eigenvalue weighted by Crippen LogP contribution is -2.42. The first-order valence-electron chi connectivity index (χ1n) is 6.03. The molecule has 118 valence electrons. The van der Waals surface area contributed by atoms with Gasteiger partial charge in [-0.1, -0.05) is 0 Å². The van der Waals surface area contributed by atoms with Crippen LogP contribution in [0, 0.1) is 0 Å². The molecule has 0 rings (SSSR count). The molecule has 0 saturated carbocycles. The van der Waals surface area contributed by atoms with Crippen LogP contribution in [0.2, 0.25) is 12.1 Å². The molecule has 0 aromatic heterocycles. The molecule has 0 saturated heterocycles. The average Bonchev–Trinajstić information content (AvgIpc) is 2.39. The summed E-state index contributed by atoms with van der Waals surface area (Å²) < 4.78 is 15.5. The summed E-state index contributed by atoms with van der Waals surface area (Å²) in [7, 11) is -1.26.